The lowest BCUT2D eigenvalue weighted by Crippen LogP contribution is -2.19. The van der Waals surface area contributed by atoms with Crippen LogP contribution in [0.25, 0.3) is 0 Å². The Bertz CT molecular complexity index is 105. The zero-order valence-corrected chi connectivity index (χ0v) is 6.04. The molecule has 4 nitrogen and oxygen atoms in total. The number of rotatable bonds is 4. The lowest BCUT2D eigenvalue weighted by molar-refractivity contribution is 0.0476. The van der Waals surface area contributed by atoms with Gasteiger partial charge >= 0.3 is 6.16 Å². The lowest BCUT2D eigenvalue weighted by atomic mass is 10.2. The van der Waals surface area contributed by atoms with Gasteiger partial charge in [0.2, 0.25) is 0 Å². The number of nitrogens with two attached hydrogens (primary N) is 1. The molecule has 0 saturated heterocycles. The van der Waals surface area contributed by atoms with Crippen LogP contribution in [0.3, 0.4) is 0 Å². The van der Waals surface area contributed by atoms with Crippen LogP contribution >= 0.6 is 0 Å². The Morgan fingerprint density at radius 3 is 2.70 bits per heavy atom. The van der Waals surface area contributed by atoms with Crippen molar-refractivity contribution < 1.29 is 14.6 Å². The number of ether oxygens (including phenoxy) is 1. The van der Waals surface area contributed by atoms with Crippen LogP contribution in [0.2, 0.25) is 0 Å². The Morgan fingerprint density at radius 1 is 1.80 bits per heavy atom. The molecule has 60 valence electrons. The van der Waals surface area contributed by atoms with Gasteiger partial charge in [-0.25, -0.2) is 4.79 Å². The monoisotopic (exact) mass is 147 g/mol. The summed E-state index contributed by atoms with van der Waals surface area (Å²) in [5.41, 5.74) is 5.21. The molecule has 0 aliphatic heterocycles. The van der Waals surface area contributed by atoms with Crippen molar-refractivity contribution in [1.29, 1.82) is 0 Å². The first kappa shape index (κ1) is 9.23. The van der Waals surface area contributed by atoms with Crippen molar-refractivity contribution in [2.45, 2.75) is 25.9 Å². The average molecular weight is 147 g/mol. The molecule has 0 radical (unpaired) electrons. The highest BCUT2D eigenvalue weighted by atomic mass is 16.7. The fourth-order valence-electron chi connectivity index (χ4n) is 0.675. The molecule has 0 amide bonds. The van der Waals surface area contributed by atoms with Gasteiger partial charge in [-0.15, -0.1) is 0 Å². The number of hydrogen-bond acceptors (Lipinski definition) is 3. The van der Waals surface area contributed by atoms with Gasteiger partial charge < -0.3 is 15.6 Å². The molecule has 1 unspecified atom stereocenters. The van der Waals surface area contributed by atoms with Crippen molar-refractivity contribution in [3.63, 3.8) is 0 Å². The van der Waals surface area contributed by atoms with Crippen LogP contribution < -0.4 is 5.73 Å². The third-order valence-electron chi connectivity index (χ3n) is 1.21. The van der Waals surface area contributed by atoms with Crippen molar-refractivity contribution in [2.75, 3.05) is 6.54 Å². The highest BCUT2D eigenvalue weighted by Gasteiger charge is 2.08. The third-order valence-corrected chi connectivity index (χ3v) is 1.21. The van der Waals surface area contributed by atoms with Crippen LogP contribution in [0, 0.1) is 0 Å². The van der Waals surface area contributed by atoms with Crippen LogP contribution in [-0.4, -0.2) is 23.9 Å². The van der Waals surface area contributed by atoms with E-state index in [0.717, 1.165) is 0 Å². The van der Waals surface area contributed by atoms with Crippen molar-refractivity contribution in [3.8, 4) is 0 Å². The number of carbonyl (C=O) groups is 1. The van der Waals surface area contributed by atoms with Gasteiger partial charge in [-0.3, -0.25) is 0 Å². The van der Waals surface area contributed by atoms with Crippen LogP contribution in [0.1, 0.15) is 19.8 Å². The Hall–Kier alpha value is -0.770. The molecule has 0 aromatic rings. The van der Waals surface area contributed by atoms with Crippen LogP contribution in [0.5, 0.6) is 0 Å². The molecule has 1 atom stereocenters. The summed E-state index contributed by atoms with van der Waals surface area (Å²) >= 11 is 0. The maximum absolute atomic E-state index is 9.98. The highest BCUT2D eigenvalue weighted by molar-refractivity contribution is 5.57. The van der Waals surface area contributed by atoms with Gasteiger partial charge in [-0.2, -0.15) is 0 Å². The predicted molar refractivity (Wildman–Crippen MR) is 36.9 cm³/mol. The second-order valence-electron chi connectivity index (χ2n) is 1.99. The molecule has 0 aromatic carbocycles. The first-order valence-corrected chi connectivity index (χ1v) is 3.30. The highest BCUT2D eigenvalue weighted by Crippen LogP contribution is 2.01. The first-order valence-electron chi connectivity index (χ1n) is 3.30. The smallest absolute Gasteiger partial charge is 0.450 e. The summed E-state index contributed by atoms with van der Waals surface area (Å²) in [7, 11) is 0. The van der Waals surface area contributed by atoms with E-state index in [1.165, 1.54) is 0 Å². The molecular weight excluding hydrogens is 134 g/mol. The molecule has 0 rings (SSSR count). The topological polar surface area (TPSA) is 72.5 Å². The SMILES string of the molecule is CCC(CCN)OC(=O)O. The molecule has 0 bridgehead atoms. The minimum absolute atomic E-state index is 0.234. The third kappa shape index (κ3) is 4.14. The maximum atomic E-state index is 9.98. The van der Waals surface area contributed by atoms with Gasteiger partial charge in [0.15, 0.2) is 0 Å². The van der Waals surface area contributed by atoms with Crippen LogP contribution in [0.4, 0.5) is 4.79 Å². The van der Waals surface area contributed by atoms with E-state index in [1.807, 2.05) is 6.92 Å². The van der Waals surface area contributed by atoms with Crippen molar-refractivity contribution in [2.24, 2.45) is 5.73 Å². The summed E-state index contributed by atoms with van der Waals surface area (Å²) in [4.78, 5) is 9.98. The Balaban J connectivity index is 3.49. The summed E-state index contributed by atoms with van der Waals surface area (Å²) < 4.78 is 4.48. The van der Waals surface area contributed by atoms with Crippen molar-refractivity contribution in [1.82, 2.24) is 0 Å². The predicted octanol–water partition coefficient (Wildman–Crippen LogP) is 0.808. The molecule has 0 aromatic heterocycles. The summed E-state index contributed by atoms with van der Waals surface area (Å²) in [6.07, 6.45) is -0.172. The summed E-state index contributed by atoms with van der Waals surface area (Å²) in [6, 6.07) is 0. The average Bonchev–Trinajstić information content (AvgIpc) is 1.86. The zero-order chi connectivity index (χ0) is 7.98. The second-order valence-corrected chi connectivity index (χ2v) is 1.99. The van der Waals surface area contributed by atoms with E-state index in [1.54, 1.807) is 0 Å². The minimum atomic E-state index is -1.22. The fraction of sp³-hybridized carbons (Fsp3) is 0.833. The molecule has 0 fully saturated rings. The fourth-order valence-corrected chi connectivity index (χ4v) is 0.675. The quantitative estimate of drug-likeness (QED) is 0.577. The Kier molecular flexibility index (Phi) is 4.66. The molecule has 0 spiro atoms. The number of hydrogen-bond donors (Lipinski definition) is 2. The number of carboxylic acid groups (broad SMARTS) is 1. The zero-order valence-electron chi connectivity index (χ0n) is 6.04. The van der Waals surface area contributed by atoms with E-state index in [9.17, 15) is 4.79 Å². The van der Waals surface area contributed by atoms with E-state index in [2.05, 4.69) is 4.74 Å². The van der Waals surface area contributed by atoms with Gasteiger partial charge in [0.1, 0.15) is 6.10 Å². The van der Waals surface area contributed by atoms with E-state index in [0.29, 0.717) is 19.4 Å². The molecule has 0 saturated carbocycles. The standard InChI is InChI=1S/C6H13NO3/c1-2-5(3-4-7)10-6(8)9/h5H,2-4,7H2,1H3,(H,8,9). The van der Waals surface area contributed by atoms with E-state index >= 15 is 0 Å². The van der Waals surface area contributed by atoms with Crippen LogP contribution in [0.15, 0.2) is 0 Å². The van der Waals surface area contributed by atoms with E-state index in [-0.39, 0.29) is 6.10 Å². The molecule has 10 heavy (non-hydrogen) atoms. The Labute approximate surface area is 60.0 Å². The molecule has 3 N–H and O–H groups in total. The van der Waals surface area contributed by atoms with Crippen molar-refractivity contribution in [3.05, 3.63) is 0 Å². The van der Waals surface area contributed by atoms with Gasteiger partial charge in [0.05, 0.1) is 0 Å². The van der Waals surface area contributed by atoms with Gasteiger partial charge in [-0.1, -0.05) is 6.92 Å². The van der Waals surface area contributed by atoms with Gasteiger partial charge in [0.25, 0.3) is 0 Å². The molecular formula is C6H13NO3. The summed E-state index contributed by atoms with van der Waals surface area (Å²) in [5.74, 6) is 0. The molecule has 0 aliphatic rings. The normalized spacial score (nSPS) is 12.6. The Morgan fingerprint density at radius 2 is 2.40 bits per heavy atom. The first-order chi connectivity index (χ1) is 4.70. The minimum Gasteiger partial charge on any atom is -0.450 e. The van der Waals surface area contributed by atoms with Crippen molar-refractivity contribution >= 4 is 6.16 Å². The van der Waals surface area contributed by atoms with Crippen LogP contribution in [-0.2, 0) is 4.74 Å². The van der Waals surface area contributed by atoms with Gasteiger partial charge in [0, 0.05) is 0 Å². The van der Waals surface area contributed by atoms with E-state index in [4.69, 9.17) is 10.8 Å². The van der Waals surface area contributed by atoms with E-state index < -0.39 is 6.16 Å². The second kappa shape index (κ2) is 5.05. The lowest BCUT2D eigenvalue weighted by Gasteiger charge is -2.11. The van der Waals surface area contributed by atoms with Gasteiger partial charge in [-0.05, 0) is 19.4 Å². The molecule has 0 heterocycles. The summed E-state index contributed by atoms with van der Waals surface area (Å²) in [5, 5.41) is 8.18. The largest absolute Gasteiger partial charge is 0.506 e. The molecule has 4 heteroatoms. The maximum Gasteiger partial charge on any atom is 0.506 e. The summed E-state index contributed by atoms with van der Waals surface area (Å²) in [6.45, 7) is 2.33. The molecule has 0 aliphatic carbocycles.